The Hall–Kier alpha value is -0.860. The summed E-state index contributed by atoms with van der Waals surface area (Å²) in [5.74, 6) is 1.31. The van der Waals surface area contributed by atoms with E-state index in [1.165, 1.54) is 11.1 Å². The predicted octanol–water partition coefficient (Wildman–Crippen LogP) is 2.99. The van der Waals surface area contributed by atoms with Crippen molar-refractivity contribution < 1.29 is 4.74 Å². The maximum atomic E-state index is 5.53. The molecule has 0 aliphatic carbocycles. The molecule has 0 radical (unpaired) electrons. The van der Waals surface area contributed by atoms with E-state index in [0.29, 0.717) is 18.0 Å². The van der Waals surface area contributed by atoms with Crippen LogP contribution in [0.25, 0.3) is 0 Å². The molecule has 1 aliphatic rings. The van der Waals surface area contributed by atoms with Crippen molar-refractivity contribution in [1.82, 2.24) is 15.5 Å². The molecule has 1 aromatic carbocycles. The first-order chi connectivity index (χ1) is 12.0. The first-order valence-corrected chi connectivity index (χ1v) is 9.35. The zero-order chi connectivity index (χ0) is 18.2. The highest BCUT2D eigenvalue weighted by Gasteiger charge is 2.23. The summed E-state index contributed by atoms with van der Waals surface area (Å²) >= 11 is 0. The van der Waals surface area contributed by atoms with Gasteiger partial charge in [-0.25, -0.2) is 0 Å². The molecule has 148 valence electrons. The number of hydrogen-bond acceptors (Lipinski definition) is 3. The minimum absolute atomic E-state index is 0. The van der Waals surface area contributed by atoms with Crippen molar-refractivity contribution in [3.8, 4) is 0 Å². The first-order valence-electron chi connectivity index (χ1n) is 9.35. The molecule has 6 heteroatoms. The van der Waals surface area contributed by atoms with Gasteiger partial charge >= 0.3 is 0 Å². The molecule has 0 saturated carbocycles. The summed E-state index contributed by atoms with van der Waals surface area (Å²) in [5, 5.41) is 6.91. The second-order valence-electron chi connectivity index (χ2n) is 7.16. The van der Waals surface area contributed by atoms with Crippen molar-refractivity contribution >= 4 is 29.9 Å². The van der Waals surface area contributed by atoms with E-state index in [-0.39, 0.29) is 24.0 Å². The number of guanidine groups is 1. The van der Waals surface area contributed by atoms with Crippen LogP contribution in [0.2, 0.25) is 0 Å². The number of benzene rings is 1. The lowest BCUT2D eigenvalue weighted by atomic mass is 9.99. The molecule has 2 rings (SSSR count). The van der Waals surface area contributed by atoms with Gasteiger partial charge in [-0.2, -0.15) is 0 Å². The van der Waals surface area contributed by atoms with E-state index < -0.39 is 0 Å². The van der Waals surface area contributed by atoms with Crippen molar-refractivity contribution in [3.05, 3.63) is 35.4 Å². The fraction of sp³-hybridized carbons (Fsp3) is 0.650. The van der Waals surface area contributed by atoms with Gasteiger partial charge in [-0.3, -0.25) is 9.89 Å². The zero-order valence-electron chi connectivity index (χ0n) is 16.8. The van der Waals surface area contributed by atoms with Crippen molar-refractivity contribution in [2.45, 2.75) is 45.7 Å². The zero-order valence-corrected chi connectivity index (χ0v) is 19.1. The molecule has 3 unspecified atom stereocenters. The highest BCUT2D eigenvalue weighted by molar-refractivity contribution is 14.0. The van der Waals surface area contributed by atoms with Crippen LogP contribution in [0.3, 0.4) is 0 Å². The Labute approximate surface area is 176 Å². The summed E-state index contributed by atoms with van der Waals surface area (Å²) in [6.07, 6.45) is 0. The second-order valence-corrected chi connectivity index (χ2v) is 7.16. The van der Waals surface area contributed by atoms with Crippen LogP contribution >= 0.6 is 24.0 Å². The van der Waals surface area contributed by atoms with Gasteiger partial charge in [-0.05, 0) is 32.3 Å². The third-order valence-electron chi connectivity index (χ3n) is 4.96. The van der Waals surface area contributed by atoms with E-state index in [1.54, 1.807) is 0 Å². The highest BCUT2D eigenvalue weighted by Crippen LogP contribution is 2.15. The highest BCUT2D eigenvalue weighted by atomic mass is 127. The first kappa shape index (κ1) is 23.2. The van der Waals surface area contributed by atoms with Crippen LogP contribution in [-0.2, 0) is 4.74 Å². The lowest BCUT2D eigenvalue weighted by molar-refractivity contribution is -0.0174. The van der Waals surface area contributed by atoms with Gasteiger partial charge in [-0.1, -0.05) is 36.8 Å². The van der Waals surface area contributed by atoms with E-state index in [2.05, 4.69) is 72.5 Å². The van der Waals surface area contributed by atoms with Crippen LogP contribution in [-0.4, -0.2) is 62.8 Å². The second kappa shape index (κ2) is 11.8. The molecule has 1 aliphatic heterocycles. The Bertz CT molecular complexity index is 566. The number of aryl methyl sites for hydroxylation is 1. The van der Waals surface area contributed by atoms with Gasteiger partial charge in [0.2, 0.25) is 0 Å². The molecule has 0 bridgehead atoms. The van der Waals surface area contributed by atoms with Crippen molar-refractivity contribution in [1.29, 1.82) is 0 Å². The monoisotopic (exact) mass is 474 g/mol. The van der Waals surface area contributed by atoms with Crippen LogP contribution in [0.4, 0.5) is 0 Å². The van der Waals surface area contributed by atoms with Gasteiger partial charge in [0.15, 0.2) is 5.96 Å². The number of ether oxygens (including phenoxy) is 1. The molecule has 3 atom stereocenters. The molecule has 1 saturated heterocycles. The number of nitrogens with zero attached hydrogens (tertiary/aromatic N) is 2. The Morgan fingerprint density at radius 3 is 2.69 bits per heavy atom. The Morgan fingerprint density at radius 1 is 1.31 bits per heavy atom. The number of halogens is 1. The molecule has 2 N–H and O–H groups in total. The standard InChI is InChI=1S/C20H34N4O.HI/c1-15-7-6-8-19(11-15)16(2)12-22-20(21-5)23-13-17(3)24-9-10-25-14-18(24)4;/h6-8,11,16-18H,9-10,12-14H2,1-5H3,(H2,21,22,23);1H. The maximum Gasteiger partial charge on any atom is 0.191 e. The topological polar surface area (TPSA) is 48.9 Å². The molecule has 0 aromatic heterocycles. The third-order valence-corrected chi connectivity index (χ3v) is 4.96. The quantitative estimate of drug-likeness (QED) is 0.378. The molecule has 1 aromatic rings. The smallest absolute Gasteiger partial charge is 0.191 e. The summed E-state index contributed by atoms with van der Waals surface area (Å²) in [6, 6.07) is 9.63. The lowest BCUT2D eigenvalue weighted by Gasteiger charge is -2.38. The Balaban J connectivity index is 0.00000338. The molecular weight excluding hydrogens is 439 g/mol. The number of rotatable bonds is 6. The average molecular weight is 474 g/mol. The average Bonchev–Trinajstić information content (AvgIpc) is 2.61. The number of hydrogen-bond donors (Lipinski definition) is 2. The van der Waals surface area contributed by atoms with Crippen molar-refractivity contribution in [2.24, 2.45) is 4.99 Å². The normalized spacial score (nSPS) is 20.8. The van der Waals surface area contributed by atoms with Gasteiger partial charge < -0.3 is 15.4 Å². The van der Waals surface area contributed by atoms with Crippen LogP contribution < -0.4 is 10.6 Å². The largest absolute Gasteiger partial charge is 0.379 e. The SMILES string of the molecule is CN=C(NCC(C)c1cccc(C)c1)NCC(C)N1CCOCC1C.I. The Morgan fingerprint density at radius 2 is 2.04 bits per heavy atom. The van der Waals surface area contributed by atoms with Gasteiger partial charge in [0.25, 0.3) is 0 Å². The molecule has 5 nitrogen and oxygen atoms in total. The predicted molar refractivity (Wildman–Crippen MR) is 121 cm³/mol. The summed E-state index contributed by atoms with van der Waals surface area (Å²) in [7, 11) is 1.83. The maximum absolute atomic E-state index is 5.53. The minimum Gasteiger partial charge on any atom is -0.379 e. The van der Waals surface area contributed by atoms with Crippen molar-refractivity contribution in [3.63, 3.8) is 0 Å². The summed E-state index contributed by atoms with van der Waals surface area (Å²) in [5.41, 5.74) is 2.67. The molecule has 0 spiro atoms. The van der Waals surface area contributed by atoms with E-state index in [0.717, 1.165) is 38.8 Å². The minimum atomic E-state index is 0. The van der Waals surface area contributed by atoms with Crippen LogP contribution in [0.5, 0.6) is 0 Å². The molecule has 1 heterocycles. The fourth-order valence-electron chi connectivity index (χ4n) is 3.32. The van der Waals surface area contributed by atoms with Crippen LogP contribution in [0.1, 0.15) is 37.8 Å². The third kappa shape index (κ3) is 7.04. The number of aliphatic imine (C=N–C) groups is 1. The molecule has 1 fully saturated rings. The molecule has 26 heavy (non-hydrogen) atoms. The molecule has 0 amide bonds. The van der Waals surface area contributed by atoms with Gasteiger partial charge in [-0.15, -0.1) is 24.0 Å². The van der Waals surface area contributed by atoms with Gasteiger partial charge in [0.1, 0.15) is 0 Å². The summed E-state index contributed by atoms with van der Waals surface area (Å²) < 4.78 is 5.53. The number of nitrogens with one attached hydrogen (secondary N) is 2. The Kier molecular flexibility index (Phi) is 10.5. The van der Waals surface area contributed by atoms with Crippen molar-refractivity contribution in [2.75, 3.05) is 39.9 Å². The number of morpholine rings is 1. The van der Waals surface area contributed by atoms with E-state index in [1.807, 2.05) is 7.05 Å². The van der Waals surface area contributed by atoms with Crippen LogP contribution in [0.15, 0.2) is 29.3 Å². The molecular formula is C20H35IN4O. The van der Waals surface area contributed by atoms with Gasteiger partial charge in [0, 0.05) is 38.8 Å². The van der Waals surface area contributed by atoms with Gasteiger partial charge in [0.05, 0.1) is 13.2 Å². The van der Waals surface area contributed by atoms with Crippen LogP contribution in [0, 0.1) is 6.92 Å². The van der Waals surface area contributed by atoms with E-state index in [9.17, 15) is 0 Å². The van der Waals surface area contributed by atoms with E-state index >= 15 is 0 Å². The summed E-state index contributed by atoms with van der Waals surface area (Å²) in [6.45, 7) is 13.3. The lowest BCUT2D eigenvalue weighted by Crippen LogP contribution is -2.53. The van der Waals surface area contributed by atoms with E-state index in [4.69, 9.17) is 4.74 Å². The summed E-state index contributed by atoms with van der Waals surface area (Å²) in [4.78, 5) is 6.86. The fourth-order valence-corrected chi connectivity index (χ4v) is 3.32.